The van der Waals surface area contributed by atoms with Gasteiger partial charge < -0.3 is 15.1 Å². The van der Waals surface area contributed by atoms with Crippen molar-refractivity contribution in [2.75, 3.05) is 23.7 Å². The van der Waals surface area contributed by atoms with Crippen LogP contribution < -0.4 is 10.6 Å². The van der Waals surface area contributed by atoms with Crippen LogP contribution in [0.4, 0.5) is 15.5 Å². The smallest absolute Gasteiger partial charge is 0.306 e. The summed E-state index contributed by atoms with van der Waals surface area (Å²) in [6.45, 7) is 3.53. The quantitative estimate of drug-likeness (QED) is 0.282. The van der Waals surface area contributed by atoms with E-state index in [0.29, 0.717) is 53.1 Å². The second-order valence-corrected chi connectivity index (χ2v) is 12.7. The molecule has 1 fully saturated rings. The minimum Gasteiger partial charge on any atom is -0.432 e. The van der Waals surface area contributed by atoms with Crippen molar-refractivity contribution in [3.63, 3.8) is 0 Å². The number of fused-ring (bicyclic) bond motifs is 1. The normalized spacial score (nSPS) is 16.2. The molecule has 12 nitrogen and oxygen atoms in total. The van der Waals surface area contributed by atoms with Crippen molar-refractivity contribution in [3.8, 4) is 22.6 Å². The zero-order valence-electron chi connectivity index (χ0n) is 22.0. The number of halogens is 1. The SMILES string of the molecule is CC(=O)Nc1nc(C)c(S(=O)(=O)N2CCC[C@@H](Nc3nccc(-c4c(-c5ccc(F)cc5)nc5occn45)n3)C2)s1. The number of piperidine rings is 1. The van der Waals surface area contributed by atoms with E-state index in [1.54, 1.807) is 41.9 Å². The first-order valence-corrected chi connectivity index (χ1v) is 15.0. The molecule has 1 atom stereocenters. The fourth-order valence-corrected chi connectivity index (χ4v) is 7.92. The number of nitrogens with one attached hydrogen (secondary N) is 2. The van der Waals surface area contributed by atoms with E-state index in [9.17, 15) is 17.6 Å². The van der Waals surface area contributed by atoms with E-state index in [1.807, 2.05) is 0 Å². The molecule has 2 N–H and O–H groups in total. The van der Waals surface area contributed by atoms with Gasteiger partial charge in [-0.1, -0.05) is 11.3 Å². The van der Waals surface area contributed by atoms with Crippen LogP contribution in [-0.4, -0.2) is 62.1 Å². The van der Waals surface area contributed by atoms with Gasteiger partial charge in [-0.15, -0.1) is 0 Å². The minimum absolute atomic E-state index is 0.110. The summed E-state index contributed by atoms with van der Waals surface area (Å²) in [5.74, 6) is 0.0214. The van der Waals surface area contributed by atoms with Crippen LogP contribution >= 0.6 is 11.3 Å². The Hall–Kier alpha value is -4.21. The number of carbonyl (C=O) groups is 1. The lowest BCUT2D eigenvalue weighted by Gasteiger charge is -2.32. The Balaban J connectivity index is 1.25. The first-order chi connectivity index (χ1) is 19.7. The molecular formula is C26H25FN8O4S2. The van der Waals surface area contributed by atoms with Crippen LogP contribution in [-0.2, 0) is 14.8 Å². The van der Waals surface area contributed by atoms with Crippen LogP contribution in [0.3, 0.4) is 0 Å². The van der Waals surface area contributed by atoms with Gasteiger partial charge in [0.05, 0.1) is 11.4 Å². The Bertz CT molecular complexity index is 1850. The minimum atomic E-state index is -3.83. The van der Waals surface area contributed by atoms with Crippen molar-refractivity contribution in [2.24, 2.45) is 0 Å². The third-order valence-electron chi connectivity index (χ3n) is 6.61. The highest BCUT2D eigenvalue weighted by molar-refractivity contribution is 7.91. The molecule has 1 amide bonds. The molecule has 0 unspecified atom stereocenters. The summed E-state index contributed by atoms with van der Waals surface area (Å²) in [6.07, 6.45) is 6.21. The zero-order valence-corrected chi connectivity index (χ0v) is 23.7. The van der Waals surface area contributed by atoms with E-state index in [0.717, 1.165) is 17.8 Å². The first kappa shape index (κ1) is 27.0. The molecular weight excluding hydrogens is 571 g/mol. The van der Waals surface area contributed by atoms with Gasteiger partial charge in [-0.3, -0.25) is 9.20 Å². The predicted octanol–water partition coefficient (Wildman–Crippen LogP) is 4.18. The van der Waals surface area contributed by atoms with E-state index in [1.165, 1.54) is 29.6 Å². The molecule has 0 radical (unpaired) electrons. The van der Waals surface area contributed by atoms with E-state index < -0.39 is 10.0 Å². The summed E-state index contributed by atoms with van der Waals surface area (Å²) in [7, 11) is -3.83. The largest absolute Gasteiger partial charge is 0.432 e. The van der Waals surface area contributed by atoms with Gasteiger partial charge in [0.1, 0.15) is 23.5 Å². The molecule has 5 aromatic rings. The van der Waals surface area contributed by atoms with E-state index in [2.05, 4.69) is 25.6 Å². The summed E-state index contributed by atoms with van der Waals surface area (Å²) < 4.78 is 49.3. The highest BCUT2D eigenvalue weighted by Gasteiger charge is 2.34. The van der Waals surface area contributed by atoms with E-state index >= 15 is 0 Å². The molecule has 0 bridgehead atoms. The summed E-state index contributed by atoms with van der Waals surface area (Å²) in [4.78, 5) is 29.3. The molecule has 1 aromatic carbocycles. The molecule has 212 valence electrons. The Kier molecular flexibility index (Phi) is 7.01. The van der Waals surface area contributed by atoms with Crippen LogP contribution in [0, 0.1) is 12.7 Å². The number of hydrogen-bond donors (Lipinski definition) is 2. The maximum Gasteiger partial charge on any atom is 0.306 e. The Labute approximate surface area is 238 Å². The van der Waals surface area contributed by atoms with Gasteiger partial charge in [-0.2, -0.15) is 9.29 Å². The van der Waals surface area contributed by atoms with Gasteiger partial charge in [0.15, 0.2) is 9.34 Å². The Morgan fingerprint density at radius 2 is 1.98 bits per heavy atom. The van der Waals surface area contributed by atoms with Crippen LogP contribution in [0.1, 0.15) is 25.5 Å². The number of aryl methyl sites for hydroxylation is 1. The van der Waals surface area contributed by atoms with Crippen molar-refractivity contribution in [3.05, 3.63) is 60.5 Å². The van der Waals surface area contributed by atoms with Crippen LogP contribution in [0.15, 0.2) is 57.6 Å². The molecule has 4 aromatic heterocycles. The van der Waals surface area contributed by atoms with Gasteiger partial charge in [-0.25, -0.2) is 27.8 Å². The number of aromatic nitrogens is 5. The lowest BCUT2D eigenvalue weighted by atomic mass is 10.1. The third kappa shape index (κ3) is 5.30. The number of carbonyl (C=O) groups excluding carboxylic acids is 1. The lowest BCUT2D eigenvalue weighted by molar-refractivity contribution is -0.114. The van der Waals surface area contributed by atoms with Crippen molar-refractivity contribution in [1.82, 2.24) is 28.6 Å². The maximum atomic E-state index is 13.6. The fraction of sp³-hybridized carbons (Fsp3) is 0.269. The fourth-order valence-electron chi connectivity index (χ4n) is 4.80. The number of thiazole rings is 1. The highest BCUT2D eigenvalue weighted by Crippen LogP contribution is 2.34. The van der Waals surface area contributed by atoms with Crippen molar-refractivity contribution < 1.29 is 22.0 Å². The molecule has 1 aliphatic rings. The highest BCUT2D eigenvalue weighted by atomic mass is 32.2. The number of nitrogens with zero attached hydrogens (tertiary/aromatic N) is 6. The third-order valence-corrected chi connectivity index (χ3v) is 10.1. The van der Waals surface area contributed by atoms with Gasteiger partial charge in [0.2, 0.25) is 11.9 Å². The van der Waals surface area contributed by atoms with Gasteiger partial charge in [0.25, 0.3) is 10.0 Å². The molecule has 6 rings (SSSR count). The predicted molar refractivity (Wildman–Crippen MR) is 150 cm³/mol. The average Bonchev–Trinajstić information content (AvgIpc) is 3.64. The van der Waals surface area contributed by atoms with Crippen molar-refractivity contribution in [1.29, 1.82) is 0 Å². The number of imidazole rings is 1. The molecule has 5 heterocycles. The zero-order chi connectivity index (χ0) is 28.7. The standard InChI is InChI=1S/C26H25FN8O4S2/c1-15-23(40-25(29-15)30-16(2)36)41(37,38)34-11-3-4-19(14-34)31-24-28-10-9-20(32-24)22-21(17-5-7-18(27)8-6-17)33-26-35(22)12-13-39-26/h5-10,12-13,19H,3-4,11,14H2,1-2H3,(H,28,31,32)(H,29,30,36)/t19-/m1/s1. The van der Waals surface area contributed by atoms with Crippen LogP contribution in [0.2, 0.25) is 0 Å². The van der Waals surface area contributed by atoms with Crippen LogP contribution in [0.25, 0.3) is 28.5 Å². The Morgan fingerprint density at radius 3 is 2.76 bits per heavy atom. The summed E-state index contributed by atoms with van der Waals surface area (Å²) in [5, 5.41) is 6.09. The van der Waals surface area contributed by atoms with Gasteiger partial charge >= 0.3 is 5.84 Å². The molecule has 0 aliphatic carbocycles. The van der Waals surface area contributed by atoms with Gasteiger partial charge in [0, 0.05) is 44.0 Å². The molecule has 0 saturated carbocycles. The lowest BCUT2D eigenvalue weighted by Crippen LogP contribution is -2.45. The second-order valence-electron chi connectivity index (χ2n) is 9.56. The summed E-state index contributed by atoms with van der Waals surface area (Å²) in [5.41, 5.74) is 2.81. The first-order valence-electron chi connectivity index (χ1n) is 12.8. The van der Waals surface area contributed by atoms with Gasteiger partial charge in [-0.05, 0) is 50.1 Å². The number of rotatable bonds is 7. The number of sulfonamides is 1. The maximum absolute atomic E-state index is 13.6. The summed E-state index contributed by atoms with van der Waals surface area (Å²) >= 11 is 0.941. The van der Waals surface area contributed by atoms with Crippen LogP contribution in [0.5, 0.6) is 0 Å². The Morgan fingerprint density at radius 1 is 1.17 bits per heavy atom. The number of benzene rings is 1. The molecule has 1 saturated heterocycles. The molecule has 1 aliphatic heterocycles. The number of amides is 1. The molecule has 41 heavy (non-hydrogen) atoms. The number of anilines is 2. The topological polar surface area (TPSA) is 148 Å². The van der Waals surface area contributed by atoms with E-state index in [4.69, 9.17) is 9.40 Å². The second kappa shape index (κ2) is 10.6. The molecule has 0 spiro atoms. The van der Waals surface area contributed by atoms with Crippen molar-refractivity contribution >= 4 is 44.2 Å². The monoisotopic (exact) mass is 596 g/mol. The van der Waals surface area contributed by atoms with E-state index in [-0.39, 0.29) is 33.7 Å². The number of oxazole rings is 1. The number of hydrogen-bond acceptors (Lipinski definition) is 10. The van der Waals surface area contributed by atoms with Crippen molar-refractivity contribution in [2.45, 2.75) is 36.9 Å². The summed E-state index contributed by atoms with van der Waals surface area (Å²) in [6, 6.07) is 7.51. The molecule has 15 heteroatoms. The average molecular weight is 597 g/mol.